The number of rotatable bonds is 5. The Morgan fingerprint density at radius 2 is 1.74 bits per heavy atom. The standard InChI is InChI=1S/C27H29ClF3N5O2S/c1-17-8-9-18(27(29,30)31)16-19(17)24-20(28)10-11-21(32-24)34-39-23-7-5-6-22(33-23)35-12-14-36(15-13-35)25(37)38-26(2,3)4/h5-11,16H,12-15H2,1-4H3,(H,32,34). The third-order valence-electron chi connectivity index (χ3n) is 5.89. The molecule has 12 heteroatoms. The molecule has 39 heavy (non-hydrogen) atoms. The lowest BCUT2D eigenvalue weighted by Gasteiger charge is -2.36. The normalized spacial score (nSPS) is 14.4. The van der Waals surface area contributed by atoms with E-state index in [1.165, 1.54) is 18.0 Å². The molecule has 7 nitrogen and oxygen atoms in total. The number of carbonyl (C=O) groups excluding carboxylic acids is 1. The SMILES string of the molecule is Cc1ccc(C(F)(F)F)cc1-c1nc(NSc2cccc(N3CCN(C(=O)OC(C)(C)C)CC3)n2)ccc1Cl. The quantitative estimate of drug-likeness (QED) is 0.318. The van der Waals surface area contributed by atoms with Crippen molar-refractivity contribution in [3.8, 4) is 11.3 Å². The molecule has 1 aliphatic rings. The summed E-state index contributed by atoms with van der Waals surface area (Å²) >= 11 is 7.55. The number of ether oxygens (including phenoxy) is 1. The number of aryl methyl sites for hydroxylation is 1. The molecule has 208 valence electrons. The van der Waals surface area contributed by atoms with E-state index in [0.29, 0.717) is 48.1 Å². The van der Waals surface area contributed by atoms with Crippen molar-refractivity contribution in [2.75, 3.05) is 35.8 Å². The maximum Gasteiger partial charge on any atom is 0.416 e. The molecule has 1 fully saturated rings. The van der Waals surface area contributed by atoms with Crippen LogP contribution < -0.4 is 9.62 Å². The zero-order valence-corrected chi connectivity index (χ0v) is 23.5. The fourth-order valence-electron chi connectivity index (χ4n) is 3.93. The molecule has 1 aliphatic heterocycles. The summed E-state index contributed by atoms with van der Waals surface area (Å²) in [5, 5.41) is 0.925. The van der Waals surface area contributed by atoms with Gasteiger partial charge in [0.25, 0.3) is 0 Å². The van der Waals surface area contributed by atoms with Gasteiger partial charge in [0.2, 0.25) is 0 Å². The second-order valence-electron chi connectivity index (χ2n) is 10.0. The Bertz CT molecular complexity index is 1340. The minimum Gasteiger partial charge on any atom is -0.444 e. The number of pyridine rings is 2. The van der Waals surface area contributed by atoms with Crippen LogP contribution in [0.1, 0.15) is 31.9 Å². The van der Waals surface area contributed by atoms with Crippen LogP contribution in [-0.2, 0) is 10.9 Å². The van der Waals surface area contributed by atoms with Gasteiger partial charge in [-0.2, -0.15) is 13.2 Å². The molecule has 0 unspecified atom stereocenters. The van der Waals surface area contributed by atoms with Crippen LogP contribution >= 0.6 is 23.5 Å². The summed E-state index contributed by atoms with van der Waals surface area (Å²) in [7, 11) is 0. The summed E-state index contributed by atoms with van der Waals surface area (Å²) in [6.45, 7) is 9.53. The molecule has 0 radical (unpaired) electrons. The Morgan fingerprint density at radius 1 is 1.03 bits per heavy atom. The fraction of sp³-hybridized carbons (Fsp3) is 0.370. The van der Waals surface area contributed by atoms with Gasteiger partial charge < -0.3 is 19.3 Å². The molecule has 1 N–H and O–H groups in total. The van der Waals surface area contributed by atoms with Crippen molar-refractivity contribution in [2.45, 2.75) is 44.5 Å². The van der Waals surface area contributed by atoms with E-state index in [9.17, 15) is 18.0 Å². The van der Waals surface area contributed by atoms with E-state index in [1.54, 1.807) is 24.0 Å². The number of nitrogens with one attached hydrogen (secondary N) is 1. The van der Waals surface area contributed by atoms with E-state index in [1.807, 2.05) is 39.0 Å². The van der Waals surface area contributed by atoms with Gasteiger partial charge >= 0.3 is 12.3 Å². The van der Waals surface area contributed by atoms with Gasteiger partial charge in [0.05, 0.1) is 16.3 Å². The molecular weight excluding hydrogens is 551 g/mol. The van der Waals surface area contributed by atoms with Crippen LogP contribution in [0.5, 0.6) is 0 Å². The van der Waals surface area contributed by atoms with Gasteiger partial charge in [-0.05, 0) is 69.7 Å². The zero-order valence-electron chi connectivity index (χ0n) is 22.0. The molecule has 2 aromatic heterocycles. The van der Waals surface area contributed by atoms with Crippen LogP contribution in [0.4, 0.5) is 29.6 Å². The lowest BCUT2D eigenvalue weighted by atomic mass is 10.0. The first kappa shape index (κ1) is 28.8. The number of amides is 1. The Morgan fingerprint density at radius 3 is 2.41 bits per heavy atom. The first-order chi connectivity index (χ1) is 18.3. The van der Waals surface area contributed by atoms with Crippen molar-refractivity contribution < 1.29 is 22.7 Å². The highest BCUT2D eigenvalue weighted by atomic mass is 35.5. The third-order valence-corrected chi connectivity index (χ3v) is 6.94. The third kappa shape index (κ3) is 7.48. The molecular formula is C27H29ClF3N5O2S. The van der Waals surface area contributed by atoms with E-state index in [4.69, 9.17) is 21.3 Å². The zero-order chi connectivity index (χ0) is 28.4. The predicted octanol–water partition coefficient (Wildman–Crippen LogP) is 7.30. The largest absolute Gasteiger partial charge is 0.444 e. The van der Waals surface area contributed by atoms with Gasteiger partial charge in [0.15, 0.2) is 0 Å². The van der Waals surface area contributed by atoms with Crippen molar-refractivity contribution >= 4 is 41.3 Å². The van der Waals surface area contributed by atoms with Crippen LogP contribution in [0.25, 0.3) is 11.3 Å². The first-order valence-corrected chi connectivity index (χ1v) is 13.5. The molecule has 1 saturated heterocycles. The summed E-state index contributed by atoms with van der Waals surface area (Å²) in [4.78, 5) is 25.3. The van der Waals surface area contributed by atoms with Crippen LogP contribution in [0.2, 0.25) is 5.02 Å². The number of hydrogen-bond donors (Lipinski definition) is 1. The number of benzene rings is 1. The molecule has 1 amide bonds. The Hall–Kier alpha value is -3.18. The van der Waals surface area contributed by atoms with Crippen LogP contribution in [0, 0.1) is 6.92 Å². The summed E-state index contributed by atoms with van der Waals surface area (Å²) in [5.74, 6) is 1.20. The summed E-state index contributed by atoms with van der Waals surface area (Å²) in [6.07, 6.45) is -4.79. The van der Waals surface area contributed by atoms with Gasteiger partial charge in [-0.25, -0.2) is 14.8 Å². The minimum absolute atomic E-state index is 0.249. The minimum atomic E-state index is -4.47. The van der Waals surface area contributed by atoms with Gasteiger partial charge in [0.1, 0.15) is 22.3 Å². The summed E-state index contributed by atoms with van der Waals surface area (Å²) in [5.41, 5.74) is -0.102. The molecule has 1 aromatic carbocycles. The Balaban J connectivity index is 1.43. The Kier molecular flexibility index (Phi) is 8.51. The highest BCUT2D eigenvalue weighted by molar-refractivity contribution is 8.00. The van der Waals surface area contributed by atoms with Crippen molar-refractivity contribution in [3.63, 3.8) is 0 Å². The number of carbonyl (C=O) groups is 1. The number of aromatic nitrogens is 2. The van der Waals surface area contributed by atoms with E-state index in [0.717, 1.165) is 18.0 Å². The highest BCUT2D eigenvalue weighted by Crippen LogP contribution is 2.36. The molecule has 4 rings (SSSR count). The van der Waals surface area contributed by atoms with E-state index in [-0.39, 0.29) is 16.8 Å². The molecule has 0 bridgehead atoms. The highest BCUT2D eigenvalue weighted by Gasteiger charge is 2.31. The Labute approximate surface area is 234 Å². The number of alkyl halides is 3. The molecule has 3 heterocycles. The van der Waals surface area contributed by atoms with E-state index in [2.05, 4.69) is 14.6 Å². The maximum absolute atomic E-state index is 13.3. The van der Waals surface area contributed by atoms with Gasteiger partial charge in [-0.15, -0.1) is 0 Å². The number of halogens is 4. The summed E-state index contributed by atoms with van der Waals surface area (Å²) < 4.78 is 48.4. The average molecular weight is 580 g/mol. The van der Waals surface area contributed by atoms with Gasteiger partial charge in [0, 0.05) is 43.7 Å². The lowest BCUT2D eigenvalue weighted by Crippen LogP contribution is -2.50. The average Bonchev–Trinajstić information content (AvgIpc) is 2.87. The number of anilines is 2. The molecule has 0 spiro atoms. The first-order valence-electron chi connectivity index (χ1n) is 12.3. The molecule has 3 aromatic rings. The molecule has 0 saturated carbocycles. The smallest absolute Gasteiger partial charge is 0.416 e. The number of hydrogen-bond acceptors (Lipinski definition) is 7. The second kappa shape index (κ2) is 11.5. The van der Waals surface area contributed by atoms with Crippen molar-refractivity contribution in [1.29, 1.82) is 0 Å². The van der Waals surface area contributed by atoms with Gasteiger partial charge in [-0.1, -0.05) is 23.7 Å². The summed E-state index contributed by atoms with van der Waals surface area (Å²) in [6, 6.07) is 12.4. The van der Waals surface area contributed by atoms with E-state index < -0.39 is 17.3 Å². The lowest BCUT2D eigenvalue weighted by molar-refractivity contribution is -0.137. The van der Waals surface area contributed by atoms with Crippen LogP contribution in [0.15, 0.2) is 53.6 Å². The van der Waals surface area contributed by atoms with Crippen molar-refractivity contribution in [2.24, 2.45) is 0 Å². The predicted molar refractivity (Wildman–Crippen MR) is 148 cm³/mol. The molecule has 0 atom stereocenters. The molecule has 0 aliphatic carbocycles. The van der Waals surface area contributed by atoms with Crippen molar-refractivity contribution in [3.05, 3.63) is 64.7 Å². The maximum atomic E-state index is 13.3. The topological polar surface area (TPSA) is 70.6 Å². The monoisotopic (exact) mass is 579 g/mol. The van der Waals surface area contributed by atoms with Crippen LogP contribution in [0.3, 0.4) is 0 Å². The van der Waals surface area contributed by atoms with Crippen LogP contribution in [-0.4, -0.2) is 52.7 Å². The van der Waals surface area contributed by atoms with Crippen molar-refractivity contribution in [1.82, 2.24) is 14.9 Å². The van der Waals surface area contributed by atoms with Gasteiger partial charge in [-0.3, -0.25) is 0 Å². The number of piperazine rings is 1. The second-order valence-corrected chi connectivity index (χ2v) is 11.3. The van der Waals surface area contributed by atoms with E-state index >= 15 is 0 Å². The fourth-order valence-corrected chi connectivity index (χ4v) is 4.74. The number of nitrogens with zero attached hydrogens (tertiary/aromatic N) is 4.